The molecule has 1 N–H and O–H groups in total. The van der Waals surface area contributed by atoms with Crippen LogP contribution in [0.4, 0.5) is 0 Å². The molecular formula is C22H20N2O5. The van der Waals surface area contributed by atoms with E-state index in [1.807, 2.05) is 38.1 Å². The number of para-hydroxylation sites is 1. The first-order valence-electron chi connectivity index (χ1n) is 8.96. The molecule has 2 aromatic heterocycles. The van der Waals surface area contributed by atoms with Crippen LogP contribution < -0.4 is 10.3 Å². The van der Waals surface area contributed by atoms with Crippen molar-refractivity contribution in [3.8, 4) is 17.7 Å². The first-order valence-corrected chi connectivity index (χ1v) is 8.96. The molecule has 0 aliphatic carbocycles. The molecule has 0 saturated carbocycles. The number of aryl methyl sites for hydroxylation is 2. The Hall–Kier alpha value is -3.79. The average molecular weight is 392 g/mol. The van der Waals surface area contributed by atoms with Crippen molar-refractivity contribution >= 4 is 5.78 Å². The number of benzene rings is 1. The third-order valence-corrected chi connectivity index (χ3v) is 4.73. The molecule has 0 unspecified atom stereocenters. The number of hydrogen-bond acceptors (Lipinski definition) is 6. The maximum atomic E-state index is 12.9. The molecular weight excluding hydrogens is 372 g/mol. The van der Waals surface area contributed by atoms with Gasteiger partial charge in [-0.15, -0.1) is 0 Å². The molecule has 1 aromatic carbocycles. The highest BCUT2D eigenvalue weighted by Crippen LogP contribution is 2.26. The lowest BCUT2D eigenvalue weighted by Gasteiger charge is -2.16. The van der Waals surface area contributed by atoms with E-state index in [1.165, 1.54) is 13.2 Å². The SMILES string of the molecule is Cc1cccc(C)c1OCC(=O)c1c(C)c(C#N)c(=O)n(Cc2ccco2)c1O. The van der Waals surface area contributed by atoms with Crippen LogP contribution in [0.2, 0.25) is 0 Å². The van der Waals surface area contributed by atoms with Crippen molar-refractivity contribution in [1.29, 1.82) is 5.26 Å². The van der Waals surface area contributed by atoms with Crippen LogP contribution in [0, 0.1) is 32.1 Å². The molecule has 0 amide bonds. The minimum Gasteiger partial charge on any atom is -0.494 e. The zero-order chi connectivity index (χ0) is 21.1. The van der Waals surface area contributed by atoms with Gasteiger partial charge in [0.1, 0.15) is 23.1 Å². The summed E-state index contributed by atoms with van der Waals surface area (Å²) in [5, 5.41) is 20.1. The summed E-state index contributed by atoms with van der Waals surface area (Å²) in [6, 6.07) is 10.7. The number of aromatic nitrogens is 1. The number of hydrogen-bond donors (Lipinski definition) is 1. The fraction of sp³-hybridized carbons (Fsp3) is 0.227. The number of furan rings is 1. The molecule has 0 radical (unpaired) electrons. The summed E-state index contributed by atoms with van der Waals surface area (Å²) in [6.07, 6.45) is 1.43. The van der Waals surface area contributed by atoms with Gasteiger partial charge >= 0.3 is 0 Å². The van der Waals surface area contributed by atoms with Crippen molar-refractivity contribution in [1.82, 2.24) is 4.57 Å². The molecule has 0 aliphatic heterocycles. The smallest absolute Gasteiger partial charge is 0.271 e. The van der Waals surface area contributed by atoms with Gasteiger partial charge in [0.2, 0.25) is 11.7 Å². The lowest BCUT2D eigenvalue weighted by atomic mass is 10.0. The molecule has 7 heteroatoms. The molecule has 29 heavy (non-hydrogen) atoms. The van der Waals surface area contributed by atoms with Gasteiger partial charge in [-0.3, -0.25) is 14.2 Å². The number of rotatable bonds is 6. The van der Waals surface area contributed by atoms with E-state index in [0.717, 1.165) is 15.7 Å². The Kier molecular flexibility index (Phi) is 5.55. The Morgan fingerprint density at radius 1 is 1.21 bits per heavy atom. The van der Waals surface area contributed by atoms with E-state index < -0.39 is 17.2 Å². The fourth-order valence-electron chi connectivity index (χ4n) is 3.23. The number of aromatic hydroxyl groups is 1. The monoisotopic (exact) mass is 392 g/mol. The topological polar surface area (TPSA) is 105 Å². The minimum absolute atomic E-state index is 0.106. The summed E-state index contributed by atoms with van der Waals surface area (Å²) in [5.74, 6) is -0.0620. The molecule has 0 fully saturated rings. The number of Topliss-reactive ketones (excluding diaryl/α,β-unsaturated/α-hetero) is 1. The molecule has 3 aromatic rings. The van der Waals surface area contributed by atoms with Crippen LogP contribution in [0.5, 0.6) is 11.6 Å². The zero-order valence-electron chi connectivity index (χ0n) is 16.4. The summed E-state index contributed by atoms with van der Waals surface area (Å²) < 4.78 is 11.9. The van der Waals surface area contributed by atoms with Crippen molar-refractivity contribution in [3.05, 3.63) is 80.5 Å². The van der Waals surface area contributed by atoms with Gasteiger partial charge in [-0.1, -0.05) is 18.2 Å². The highest BCUT2D eigenvalue weighted by Gasteiger charge is 2.25. The predicted octanol–water partition coefficient (Wildman–Crippen LogP) is 3.25. The number of nitriles is 1. The third-order valence-electron chi connectivity index (χ3n) is 4.73. The Bertz CT molecular complexity index is 1150. The van der Waals surface area contributed by atoms with E-state index in [1.54, 1.807) is 12.1 Å². The van der Waals surface area contributed by atoms with Gasteiger partial charge in [-0.2, -0.15) is 5.26 Å². The normalized spacial score (nSPS) is 10.6. The van der Waals surface area contributed by atoms with Gasteiger partial charge in [-0.05, 0) is 49.6 Å². The van der Waals surface area contributed by atoms with Crippen LogP contribution in [0.15, 0.2) is 45.8 Å². The third kappa shape index (κ3) is 3.78. The molecule has 148 valence electrons. The second kappa shape index (κ2) is 8.07. The van der Waals surface area contributed by atoms with E-state index in [2.05, 4.69) is 0 Å². The number of carbonyl (C=O) groups is 1. The fourth-order valence-corrected chi connectivity index (χ4v) is 3.23. The van der Waals surface area contributed by atoms with Gasteiger partial charge < -0.3 is 14.3 Å². The van der Waals surface area contributed by atoms with Crippen LogP contribution in [0.25, 0.3) is 0 Å². The lowest BCUT2D eigenvalue weighted by Crippen LogP contribution is -2.28. The van der Waals surface area contributed by atoms with Crippen LogP contribution >= 0.6 is 0 Å². The molecule has 0 atom stereocenters. The van der Waals surface area contributed by atoms with Crippen LogP contribution in [0.1, 0.15) is 38.4 Å². The van der Waals surface area contributed by atoms with Crippen molar-refractivity contribution in [2.45, 2.75) is 27.3 Å². The van der Waals surface area contributed by atoms with Crippen molar-refractivity contribution in [2.75, 3.05) is 6.61 Å². The molecule has 2 heterocycles. The number of pyridine rings is 1. The Labute approximate surface area is 167 Å². The lowest BCUT2D eigenvalue weighted by molar-refractivity contribution is 0.0915. The van der Waals surface area contributed by atoms with E-state index in [-0.39, 0.29) is 29.8 Å². The second-order valence-corrected chi connectivity index (χ2v) is 6.71. The van der Waals surface area contributed by atoms with Crippen molar-refractivity contribution in [3.63, 3.8) is 0 Å². The van der Waals surface area contributed by atoms with Crippen LogP contribution in [0.3, 0.4) is 0 Å². The Morgan fingerprint density at radius 2 is 1.90 bits per heavy atom. The van der Waals surface area contributed by atoms with Gasteiger partial charge in [-0.25, -0.2) is 0 Å². The molecule has 3 rings (SSSR count). The molecule has 0 aliphatic rings. The maximum absolute atomic E-state index is 12.9. The van der Waals surface area contributed by atoms with Gasteiger partial charge in [0.25, 0.3) is 5.56 Å². The highest BCUT2D eigenvalue weighted by atomic mass is 16.5. The molecule has 0 bridgehead atoms. The second-order valence-electron chi connectivity index (χ2n) is 6.71. The van der Waals surface area contributed by atoms with Crippen molar-refractivity contribution in [2.24, 2.45) is 0 Å². The quantitative estimate of drug-likeness (QED) is 0.646. The summed E-state index contributed by atoms with van der Waals surface area (Å²) in [4.78, 5) is 25.5. The average Bonchev–Trinajstić information content (AvgIpc) is 3.18. The number of ketones is 1. The summed E-state index contributed by atoms with van der Waals surface area (Å²) >= 11 is 0. The number of nitrogens with zero attached hydrogens (tertiary/aromatic N) is 2. The molecule has 0 spiro atoms. The van der Waals surface area contributed by atoms with Gasteiger partial charge in [0.15, 0.2) is 6.61 Å². The van der Waals surface area contributed by atoms with E-state index in [0.29, 0.717) is 11.5 Å². The van der Waals surface area contributed by atoms with Gasteiger partial charge in [0.05, 0.1) is 18.4 Å². The predicted molar refractivity (Wildman–Crippen MR) is 105 cm³/mol. The maximum Gasteiger partial charge on any atom is 0.271 e. The van der Waals surface area contributed by atoms with Crippen LogP contribution in [-0.4, -0.2) is 22.1 Å². The minimum atomic E-state index is -0.689. The summed E-state index contributed by atoms with van der Waals surface area (Å²) in [7, 11) is 0. The first kappa shape index (κ1) is 20.0. The highest BCUT2D eigenvalue weighted by molar-refractivity contribution is 6.01. The first-order chi connectivity index (χ1) is 13.8. The standard InChI is InChI=1S/C22H20N2O5/c1-13-6-4-7-14(2)20(13)29-12-18(25)19-15(3)17(10-23)21(26)24(22(19)27)11-16-8-5-9-28-16/h4-9,27H,11-12H2,1-3H3. The molecule has 7 nitrogen and oxygen atoms in total. The Balaban J connectivity index is 2.00. The van der Waals surface area contributed by atoms with E-state index in [9.17, 15) is 20.0 Å². The van der Waals surface area contributed by atoms with Crippen molar-refractivity contribution < 1.29 is 19.1 Å². The summed E-state index contributed by atoms with van der Waals surface area (Å²) in [5.41, 5.74) is 0.870. The number of carbonyl (C=O) groups excluding carboxylic acids is 1. The molecule has 0 saturated heterocycles. The van der Waals surface area contributed by atoms with Gasteiger partial charge in [0, 0.05) is 0 Å². The summed E-state index contributed by atoms with van der Waals surface area (Å²) in [6.45, 7) is 4.75. The van der Waals surface area contributed by atoms with E-state index >= 15 is 0 Å². The van der Waals surface area contributed by atoms with E-state index in [4.69, 9.17) is 9.15 Å². The Morgan fingerprint density at radius 3 is 2.48 bits per heavy atom. The zero-order valence-corrected chi connectivity index (χ0v) is 16.4. The largest absolute Gasteiger partial charge is 0.494 e. The van der Waals surface area contributed by atoms with Crippen LogP contribution in [-0.2, 0) is 6.54 Å². The number of ether oxygens (including phenoxy) is 1.